The third-order valence-corrected chi connectivity index (χ3v) is 4.49. The molecule has 0 aliphatic rings. The number of pyridine rings is 1. The molecular formula is C20H12Cl2N2O. The molecule has 0 atom stereocenters. The topological polar surface area (TPSA) is 34.4 Å². The zero-order chi connectivity index (χ0) is 17.4. The first-order valence-electron chi connectivity index (χ1n) is 7.67. The lowest BCUT2D eigenvalue weighted by Gasteiger charge is -2.11. The molecule has 0 spiro atoms. The van der Waals surface area contributed by atoms with Crippen LogP contribution >= 0.6 is 23.2 Å². The summed E-state index contributed by atoms with van der Waals surface area (Å²) >= 11 is 12.0. The molecule has 0 N–H and O–H groups in total. The van der Waals surface area contributed by atoms with Crippen molar-refractivity contribution >= 4 is 28.8 Å². The van der Waals surface area contributed by atoms with E-state index < -0.39 is 0 Å². The quantitative estimate of drug-likeness (QED) is 0.480. The maximum atomic E-state index is 13.1. The van der Waals surface area contributed by atoms with E-state index in [1.54, 1.807) is 34.9 Å². The molecule has 0 saturated heterocycles. The number of benzene rings is 2. The van der Waals surface area contributed by atoms with E-state index in [0.29, 0.717) is 26.9 Å². The lowest BCUT2D eigenvalue weighted by molar-refractivity contribution is 1.05. The molecule has 122 valence electrons. The summed E-state index contributed by atoms with van der Waals surface area (Å²) in [6, 6.07) is 20.0. The van der Waals surface area contributed by atoms with Gasteiger partial charge in [0.05, 0.1) is 11.3 Å². The van der Waals surface area contributed by atoms with Crippen LogP contribution in [0.25, 0.3) is 28.0 Å². The Morgan fingerprint density at radius 2 is 1.36 bits per heavy atom. The number of rotatable bonds is 2. The van der Waals surface area contributed by atoms with E-state index in [1.807, 2.05) is 42.5 Å². The minimum atomic E-state index is -0.127. The molecule has 2 aromatic heterocycles. The molecule has 3 nitrogen and oxygen atoms in total. The highest BCUT2D eigenvalue weighted by atomic mass is 35.5. The maximum Gasteiger partial charge on any atom is 0.266 e. The summed E-state index contributed by atoms with van der Waals surface area (Å²) in [5, 5.41) is 1.25. The van der Waals surface area contributed by atoms with Gasteiger partial charge < -0.3 is 0 Å². The molecule has 0 amide bonds. The monoisotopic (exact) mass is 366 g/mol. The largest absolute Gasteiger partial charge is 0.268 e. The van der Waals surface area contributed by atoms with Crippen LogP contribution in [0.3, 0.4) is 0 Å². The summed E-state index contributed by atoms with van der Waals surface area (Å²) in [5.74, 6) is 0. The highest BCUT2D eigenvalue weighted by Crippen LogP contribution is 2.29. The maximum absolute atomic E-state index is 13.1. The van der Waals surface area contributed by atoms with Crippen LogP contribution in [0.2, 0.25) is 10.0 Å². The summed E-state index contributed by atoms with van der Waals surface area (Å²) in [6.45, 7) is 0. The highest BCUT2D eigenvalue weighted by molar-refractivity contribution is 6.31. The molecule has 5 heteroatoms. The van der Waals surface area contributed by atoms with Crippen molar-refractivity contribution in [2.75, 3.05) is 0 Å². The first-order valence-corrected chi connectivity index (χ1v) is 8.42. The average molecular weight is 367 g/mol. The van der Waals surface area contributed by atoms with Gasteiger partial charge in [-0.1, -0.05) is 53.5 Å². The van der Waals surface area contributed by atoms with Crippen molar-refractivity contribution in [1.29, 1.82) is 0 Å². The van der Waals surface area contributed by atoms with Crippen LogP contribution < -0.4 is 5.56 Å². The second-order valence-corrected chi connectivity index (χ2v) is 6.46. The van der Waals surface area contributed by atoms with Crippen LogP contribution in [0, 0.1) is 0 Å². The van der Waals surface area contributed by atoms with E-state index in [-0.39, 0.29) is 5.56 Å². The van der Waals surface area contributed by atoms with Gasteiger partial charge in [-0.25, -0.2) is 4.98 Å². The number of aromatic nitrogens is 2. The molecule has 4 rings (SSSR count). The van der Waals surface area contributed by atoms with Crippen LogP contribution in [-0.2, 0) is 0 Å². The van der Waals surface area contributed by atoms with Crippen molar-refractivity contribution in [3.63, 3.8) is 0 Å². The summed E-state index contributed by atoms with van der Waals surface area (Å²) in [4.78, 5) is 17.9. The van der Waals surface area contributed by atoms with Crippen molar-refractivity contribution in [2.45, 2.75) is 0 Å². The van der Waals surface area contributed by atoms with Gasteiger partial charge in [-0.3, -0.25) is 9.20 Å². The third kappa shape index (κ3) is 2.93. The molecule has 2 heterocycles. The Hall–Kier alpha value is -2.62. The molecule has 0 radical (unpaired) electrons. The van der Waals surface area contributed by atoms with Crippen molar-refractivity contribution in [3.05, 3.63) is 93.3 Å². The van der Waals surface area contributed by atoms with Crippen LogP contribution in [-0.4, -0.2) is 9.38 Å². The molecule has 0 aliphatic heterocycles. The van der Waals surface area contributed by atoms with Gasteiger partial charge in [-0.15, -0.1) is 0 Å². The van der Waals surface area contributed by atoms with Crippen LogP contribution in [0.1, 0.15) is 0 Å². The number of fused-ring (bicyclic) bond motifs is 1. The Morgan fingerprint density at radius 3 is 2.00 bits per heavy atom. The molecular weight excluding hydrogens is 355 g/mol. The van der Waals surface area contributed by atoms with Gasteiger partial charge in [0.15, 0.2) is 0 Å². The van der Waals surface area contributed by atoms with E-state index in [0.717, 1.165) is 11.1 Å². The molecule has 0 fully saturated rings. The Kier molecular flexibility index (Phi) is 4.04. The fourth-order valence-electron chi connectivity index (χ4n) is 2.78. The second kappa shape index (κ2) is 6.36. The fourth-order valence-corrected chi connectivity index (χ4v) is 3.03. The first kappa shape index (κ1) is 15.9. The number of nitrogens with zero attached hydrogens (tertiary/aromatic N) is 2. The third-order valence-electron chi connectivity index (χ3n) is 3.98. The molecule has 25 heavy (non-hydrogen) atoms. The van der Waals surface area contributed by atoms with E-state index >= 15 is 0 Å². The molecule has 2 aromatic carbocycles. The lowest BCUT2D eigenvalue weighted by atomic mass is 10.0. The van der Waals surface area contributed by atoms with Crippen LogP contribution in [0.15, 0.2) is 77.7 Å². The van der Waals surface area contributed by atoms with Gasteiger partial charge >= 0.3 is 0 Å². The minimum Gasteiger partial charge on any atom is -0.268 e. The Labute approximate surface area is 154 Å². The van der Waals surface area contributed by atoms with Crippen molar-refractivity contribution < 1.29 is 0 Å². The Morgan fingerprint density at radius 1 is 0.760 bits per heavy atom. The SMILES string of the molecule is O=c1c(-c2ccc(Cl)cc2)c(-c2ccc(Cl)cc2)nc2ccccn12. The van der Waals surface area contributed by atoms with Gasteiger partial charge in [0.2, 0.25) is 0 Å². The second-order valence-electron chi connectivity index (χ2n) is 5.58. The molecule has 0 bridgehead atoms. The predicted octanol–water partition coefficient (Wildman–Crippen LogP) is 5.34. The van der Waals surface area contributed by atoms with E-state index in [1.165, 1.54) is 0 Å². The lowest BCUT2D eigenvalue weighted by Crippen LogP contribution is -2.18. The zero-order valence-corrected chi connectivity index (χ0v) is 14.5. The predicted molar refractivity (Wildman–Crippen MR) is 102 cm³/mol. The molecule has 4 aromatic rings. The molecule has 0 unspecified atom stereocenters. The van der Waals surface area contributed by atoms with E-state index in [9.17, 15) is 4.79 Å². The van der Waals surface area contributed by atoms with Gasteiger partial charge in [0.25, 0.3) is 5.56 Å². The highest BCUT2D eigenvalue weighted by Gasteiger charge is 2.16. The van der Waals surface area contributed by atoms with E-state index in [2.05, 4.69) is 0 Å². The van der Waals surface area contributed by atoms with Crippen molar-refractivity contribution in [2.24, 2.45) is 0 Å². The van der Waals surface area contributed by atoms with E-state index in [4.69, 9.17) is 28.2 Å². The number of hydrogen-bond acceptors (Lipinski definition) is 2. The van der Waals surface area contributed by atoms with Gasteiger partial charge in [0.1, 0.15) is 5.65 Å². The van der Waals surface area contributed by atoms with Gasteiger partial charge in [-0.05, 0) is 42.0 Å². The molecule has 0 saturated carbocycles. The summed E-state index contributed by atoms with van der Waals surface area (Å²) in [6.07, 6.45) is 1.72. The van der Waals surface area contributed by atoms with Crippen LogP contribution in [0.5, 0.6) is 0 Å². The summed E-state index contributed by atoms with van der Waals surface area (Å²) in [7, 11) is 0. The van der Waals surface area contributed by atoms with Crippen molar-refractivity contribution in [3.8, 4) is 22.4 Å². The normalized spacial score (nSPS) is 11.0. The Balaban J connectivity index is 2.09. The standard InChI is InChI=1S/C20H12Cl2N2O/c21-15-8-4-13(5-9-15)18-19(14-6-10-16(22)11-7-14)23-17-3-1-2-12-24(17)20(18)25/h1-12H. The fraction of sp³-hybridized carbons (Fsp3) is 0. The summed E-state index contributed by atoms with van der Waals surface area (Å²) < 4.78 is 1.54. The average Bonchev–Trinajstić information content (AvgIpc) is 2.63. The zero-order valence-electron chi connectivity index (χ0n) is 13.0. The van der Waals surface area contributed by atoms with Crippen LogP contribution in [0.4, 0.5) is 0 Å². The smallest absolute Gasteiger partial charge is 0.266 e. The first-order chi connectivity index (χ1) is 12.1. The van der Waals surface area contributed by atoms with Gasteiger partial charge in [0, 0.05) is 21.8 Å². The summed E-state index contributed by atoms with van der Waals surface area (Å²) in [5.41, 5.74) is 3.22. The number of halogens is 2. The molecule has 0 aliphatic carbocycles. The van der Waals surface area contributed by atoms with Crippen molar-refractivity contribution in [1.82, 2.24) is 9.38 Å². The van der Waals surface area contributed by atoms with Gasteiger partial charge in [-0.2, -0.15) is 0 Å². The minimum absolute atomic E-state index is 0.127. The number of hydrogen-bond donors (Lipinski definition) is 0. The Bertz CT molecular complexity index is 1120.